The molecular formula is C16H24N2O2S. The maximum Gasteiger partial charge on any atom is 0.311 e. The van der Waals surface area contributed by atoms with Crippen LogP contribution in [0.2, 0.25) is 0 Å². The normalized spacial score (nSPS) is 29.2. The van der Waals surface area contributed by atoms with Crippen LogP contribution in [0.15, 0.2) is 6.20 Å². The van der Waals surface area contributed by atoms with Crippen molar-refractivity contribution in [2.75, 3.05) is 13.1 Å². The van der Waals surface area contributed by atoms with E-state index in [1.165, 1.54) is 9.88 Å². The van der Waals surface area contributed by atoms with E-state index in [4.69, 9.17) is 0 Å². The van der Waals surface area contributed by atoms with Gasteiger partial charge in [-0.2, -0.15) is 0 Å². The molecule has 0 spiro atoms. The second-order valence-corrected chi connectivity index (χ2v) is 8.24. The molecule has 2 aliphatic rings. The Morgan fingerprint density at radius 2 is 2.43 bits per heavy atom. The van der Waals surface area contributed by atoms with Crippen molar-refractivity contribution in [3.8, 4) is 0 Å². The van der Waals surface area contributed by atoms with E-state index < -0.39 is 11.4 Å². The molecular weight excluding hydrogens is 284 g/mol. The molecule has 1 aliphatic carbocycles. The van der Waals surface area contributed by atoms with E-state index in [0.717, 1.165) is 38.8 Å². The minimum absolute atomic E-state index is 0.345. The summed E-state index contributed by atoms with van der Waals surface area (Å²) in [5.74, 6) is 0.390. The van der Waals surface area contributed by atoms with Crippen LogP contribution in [0.4, 0.5) is 0 Å². The van der Waals surface area contributed by atoms with Crippen molar-refractivity contribution in [1.82, 2.24) is 9.88 Å². The van der Waals surface area contributed by atoms with Crippen LogP contribution in [-0.4, -0.2) is 34.0 Å². The largest absolute Gasteiger partial charge is 0.481 e. The van der Waals surface area contributed by atoms with Crippen LogP contribution in [0.5, 0.6) is 0 Å². The molecule has 2 fully saturated rings. The van der Waals surface area contributed by atoms with E-state index in [0.29, 0.717) is 18.4 Å². The molecule has 0 unspecified atom stereocenters. The van der Waals surface area contributed by atoms with E-state index in [-0.39, 0.29) is 0 Å². The summed E-state index contributed by atoms with van der Waals surface area (Å²) in [5.41, 5.74) is -0.467. The number of likely N-dealkylation sites (tertiary alicyclic amines) is 1. The lowest BCUT2D eigenvalue weighted by Crippen LogP contribution is -2.35. The Morgan fingerprint density at radius 1 is 1.62 bits per heavy atom. The summed E-state index contributed by atoms with van der Waals surface area (Å²) in [5, 5.41) is 10.8. The number of aromatic nitrogens is 1. The van der Waals surface area contributed by atoms with Crippen molar-refractivity contribution in [3.05, 3.63) is 16.1 Å². The van der Waals surface area contributed by atoms with E-state index in [9.17, 15) is 9.90 Å². The number of nitrogens with zero attached hydrogens (tertiary/aromatic N) is 2. The molecule has 0 aromatic carbocycles. The Kier molecular flexibility index (Phi) is 4.06. The zero-order valence-corrected chi connectivity index (χ0v) is 13.7. The minimum Gasteiger partial charge on any atom is -0.481 e. The fourth-order valence-corrected chi connectivity index (χ4v) is 5.13. The Hall–Kier alpha value is -0.940. The number of fused-ring (bicyclic) bond motifs is 1. The third kappa shape index (κ3) is 2.86. The molecule has 0 bridgehead atoms. The summed E-state index contributed by atoms with van der Waals surface area (Å²) in [6.45, 7) is 6.92. The summed E-state index contributed by atoms with van der Waals surface area (Å²) in [6, 6.07) is 0. The van der Waals surface area contributed by atoms with Crippen LogP contribution < -0.4 is 0 Å². The average Bonchev–Trinajstić information content (AvgIpc) is 3.03. The molecule has 3 rings (SSSR count). The maximum absolute atomic E-state index is 11.7. The van der Waals surface area contributed by atoms with Crippen molar-refractivity contribution in [1.29, 1.82) is 0 Å². The van der Waals surface area contributed by atoms with Gasteiger partial charge in [0.25, 0.3) is 0 Å². The van der Waals surface area contributed by atoms with Crippen LogP contribution in [0.1, 0.15) is 43.0 Å². The first-order chi connectivity index (χ1) is 9.99. The number of carboxylic acids is 1. The number of carbonyl (C=O) groups is 1. The molecule has 1 aliphatic heterocycles. The van der Waals surface area contributed by atoms with Gasteiger partial charge in [-0.05, 0) is 24.7 Å². The van der Waals surface area contributed by atoms with Gasteiger partial charge in [-0.25, -0.2) is 4.98 Å². The molecule has 1 saturated heterocycles. The number of hydrogen-bond donors (Lipinski definition) is 1. The fourth-order valence-electron chi connectivity index (χ4n) is 3.95. The lowest BCUT2D eigenvalue weighted by molar-refractivity contribution is -0.149. The predicted octanol–water partition coefficient (Wildman–Crippen LogP) is 3.03. The van der Waals surface area contributed by atoms with Gasteiger partial charge >= 0.3 is 5.97 Å². The summed E-state index contributed by atoms with van der Waals surface area (Å²) >= 11 is 1.78. The first kappa shape index (κ1) is 15.0. The van der Waals surface area contributed by atoms with Crippen molar-refractivity contribution in [2.24, 2.45) is 17.3 Å². The summed E-state index contributed by atoms with van der Waals surface area (Å²) in [7, 11) is 0. The number of carboxylic acid groups (broad SMARTS) is 1. The molecule has 4 nitrogen and oxygen atoms in total. The monoisotopic (exact) mass is 308 g/mol. The highest BCUT2D eigenvalue weighted by Crippen LogP contribution is 2.49. The van der Waals surface area contributed by atoms with Gasteiger partial charge in [-0.1, -0.05) is 20.3 Å². The number of hydrogen-bond acceptors (Lipinski definition) is 4. The molecule has 0 amide bonds. The Labute approximate surface area is 130 Å². The quantitative estimate of drug-likeness (QED) is 0.908. The molecule has 1 aromatic rings. The van der Waals surface area contributed by atoms with Crippen molar-refractivity contribution in [3.63, 3.8) is 0 Å². The van der Waals surface area contributed by atoms with Gasteiger partial charge in [0.1, 0.15) is 0 Å². The standard InChI is InChI=1S/C16H24N2O2S/c1-11(2)6-14-17-7-13(21-14)9-18-8-12-4-3-5-16(12,10-18)15(19)20/h7,11-12H,3-6,8-10H2,1-2H3,(H,19,20)/t12-,16+/m0/s1. The zero-order chi connectivity index (χ0) is 15.0. The highest BCUT2D eigenvalue weighted by atomic mass is 32.1. The van der Waals surface area contributed by atoms with E-state index in [1.54, 1.807) is 11.3 Å². The van der Waals surface area contributed by atoms with Crippen molar-refractivity contribution < 1.29 is 9.90 Å². The van der Waals surface area contributed by atoms with Gasteiger partial charge in [0.05, 0.1) is 10.4 Å². The minimum atomic E-state index is -0.586. The fraction of sp³-hybridized carbons (Fsp3) is 0.750. The zero-order valence-electron chi connectivity index (χ0n) is 12.8. The second-order valence-electron chi connectivity index (χ2n) is 7.04. The van der Waals surface area contributed by atoms with Gasteiger partial charge in [-0.3, -0.25) is 9.69 Å². The molecule has 116 valence electrons. The molecule has 0 radical (unpaired) electrons. The predicted molar refractivity (Wildman–Crippen MR) is 83.3 cm³/mol. The summed E-state index contributed by atoms with van der Waals surface area (Å²) in [6.07, 6.45) is 6.01. The number of aliphatic carboxylic acids is 1. The third-order valence-corrected chi connectivity index (χ3v) is 5.94. The Bertz CT molecular complexity index is 528. The average molecular weight is 308 g/mol. The van der Waals surface area contributed by atoms with Crippen LogP contribution in [0.3, 0.4) is 0 Å². The van der Waals surface area contributed by atoms with Crippen LogP contribution in [0, 0.1) is 17.3 Å². The first-order valence-corrected chi connectivity index (χ1v) is 8.70. The smallest absolute Gasteiger partial charge is 0.311 e. The van der Waals surface area contributed by atoms with Crippen LogP contribution in [-0.2, 0) is 17.8 Å². The van der Waals surface area contributed by atoms with Crippen molar-refractivity contribution >= 4 is 17.3 Å². The molecule has 1 N–H and O–H groups in total. The van der Waals surface area contributed by atoms with Crippen LogP contribution in [0.25, 0.3) is 0 Å². The summed E-state index contributed by atoms with van der Waals surface area (Å²) < 4.78 is 0. The SMILES string of the molecule is CC(C)Cc1ncc(CN2C[C@@H]3CCC[C@@]3(C(=O)O)C2)s1. The topological polar surface area (TPSA) is 53.4 Å². The van der Waals surface area contributed by atoms with E-state index in [1.807, 2.05) is 6.20 Å². The maximum atomic E-state index is 11.7. The van der Waals surface area contributed by atoms with Gasteiger partial charge in [0, 0.05) is 37.1 Å². The third-order valence-electron chi connectivity index (χ3n) is 4.93. The first-order valence-electron chi connectivity index (χ1n) is 7.89. The molecule has 5 heteroatoms. The van der Waals surface area contributed by atoms with Gasteiger partial charge in [0.2, 0.25) is 0 Å². The van der Waals surface area contributed by atoms with Crippen molar-refractivity contribution in [2.45, 2.75) is 46.1 Å². The van der Waals surface area contributed by atoms with Gasteiger partial charge in [0.15, 0.2) is 0 Å². The van der Waals surface area contributed by atoms with E-state index in [2.05, 4.69) is 23.7 Å². The van der Waals surface area contributed by atoms with Crippen LogP contribution >= 0.6 is 11.3 Å². The molecule has 2 heterocycles. The molecule has 21 heavy (non-hydrogen) atoms. The lowest BCUT2D eigenvalue weighted by Gasteiger charge is -2.23. The second kappa shape index (κ2) is 5.69. The molecule has 1 aromatic heterocycles. The highest BCUT2D eigenvalue weighted by Gasteiger charge is 2.54. The molecule has 2 atom stereocenters. The highest BCUT2D eigenvalue weighted by molar-refractivity contribution is 7.11. The molecule has 1 saturated carbocycles. The van der Waals surface area contributed by atoms with E-state index >= 15 is 0 Å². The number of rotatable bonds is 5. The van der Waals surface area contributed by atoms with Gasteiger partial charge in [-0.15, -0.1) is 11.3 Å². The lowest BCUT2D eigenvalue weighted by atomic mass is 9.81. The Balaban J connectivity index is 1.65. The number of thiazole rings is 1. The summed E-state index contributed by atoms with van der Waals surface area (Å²) in [4.78, 5) is 19.8. The Morgan fingerprint density at radius 3 is 3.10 bits per heavy atom. The van der Waals surface area contributed by atoms with Gasteiger partial charge < -0.3 is 5.11 Å².